The van der Waals surface area contributed by atoms with E-state index < -0.39 is 0 Å². The summed E-state index contributed by atoms with van der Waals surface area (Å²) >= 11 is 9.09. The molecule has 0 saturated heterocycles. The first-order valence-corrected chi connectivity index (χ1v) is 11.5. The zero-order chi connectivity index (χ0) is 20.8. The van der Waals surface area contributed by atoms with Crippen molar-refractivity contribution >= 4 is 45.7 Å². The summed E-state index contributed by atoms with van der Waals surface area (Å²) in [5, 5.41) is 12.3. The van der Waals surface area contributed by atoms with Crippen molar-refractivity contribution in [1.82, 2.24) is 10.2 Å². The summed E-state index contributed by atoms with van der Waals surface area (Å²) in [5.41, 5.74) is 4.28. The molecule has 30 heavy (non-hydrogen) atoms. The van der Waals surface area contributed by atoms with Crippen LogP contribution < -0.4 is 5.32 Å². The van der Waals surface area contributed by atoms with Gasteiger partial charge in [-0.05, 0) is 28.3 Å². The van der Waals surface area contributed by atoms with Gasteiger partial charge in [0.2, 0.25) is 11.0 Å². The molecular weight excluding hydrogens is 434 g/mol. The number of hydrogen-bond donors (Lipinski definition) is 1. The largest absolute Gasteiger partial charge is 0.300 e. The lowest BCUT2D eigenvalue weighted by atomic mass is 10.0. The summed E-state index contributed by atoms with van der Waals surface area (Å²) in [5.74, 6) is 0.594. The van der Waals surface area contributed by atoms with E-state index in [0.717, 1.165) is 31.6 Å². The molecule has 4 aromatic rings. The van der Waals surface area contributed by atoms with Crippen LogP contribution in [0.1, 0.15) is 11.1 Å². The molecule has 150 valence electrons. The molecule has 0 saturated carbocycles. The molecule has 0 aliphatic rings. The van der Waals surface area contributed by atoms with Crippen molar-refractivity contribution in [2.45, 2.75) is 16.5 Å². The first-order valence-electron chi connectivity index (χ1n) is 9.31. The Balaban J connectivity index is 1.31. The Hall–Kier alpha value is -2.67. The summed E-state index contributed by atoms with van der Waals surface area (Å²) < 4.78 is 0.789. The summed E-state index contributed by atoms with van der Waals surface area (Å²) in [7, 11) is 0. The Morgan fingerprint density at radius 3 is 2.37 bits per heavy atom. The number of rotatable bonds is 7. The number of carbonyl (C=O) groups is 1. The lowest BCUT2D eigenvalue weighted by molar-refractivity contribution is -0.115. The maximum atomic E-state index is 12.4. The molecule has 1 heterocycles. The number of anilines is 1. The second-order valence-electron chi connectivity index (χ2n) is 6.54. The Labute approximate surface area is 188 Å². The minimum atomic E-state index is -0.110. The maximum Gasteiger partial charge on any atom is 0.230 e. The molecule has 0 radical (unpaired) electrons. The number of amides is 1. The van der Waals surface area contributed by atoms with Crippen LogP contribution in [0.3, 0.4) is 0 Å². The van der Waals surface area contributed by atoms with Crippen molar-refractivity contribution in [3.05, 3.63) is 95.0 Å². The minimum absolute atomic E-state index is 0.110. The van der Waals surface area contributed by atoms with E-state index in [1.807, 2.05) is 66.7 Å². The predicted molar refractivity (Wildman–Crippen MR) is 125 cm³/mol. The highest BCUT2D eigenvalue weighted by molar-refractivity contribution is 8.00. The third-order valence-corrected chi connectivity index (χ3v) is 6.78. The fourth-order valence-corrected chi connectivity index (χ4v) is 4.92. The van der Waals surface area contributed by atoms with Gasteiger partial charge in [0.1, 0.15) is 0 Å². The van der Waals surface area contributed by atoms with Gasteiger partial charge in [0, 0.05) is 10.8 Å². The molecule has 0 aliphatic carbocycles. The van der Waals surface area contributed by atoms with E-state index in [9.17, 15) is 4.79 Å². The molecule has 0 aliphatic heterocycles. The van der Waals surface area contributed by atoms with Gasteiger partial charge >= 0.3 is 0 Å². The minimum Gasteiger partial charge on any atom is -0.300 e. The normalized spacial score (nSPS) is 10.7. The van der Waals surface area contributed by atoms with Crippen molar-refractivity contribution in [3.8, 4) is 11.1 Å². The SMILES string of the molecule is O=C(Cc1ccc(-c2ccccc2)cc1)Nc1nnc(SCc2ccccc2Cl)s1. The highest BCUT2D eigenvalue weighted by Gasteiger charge is 2.10. The van der Waals surface area contributed by atoms with Gasteiger partial charge < -0.3 is 5.32 Å². The molecule has 0 bridgehead atoms. The highest BCUT2D eigenvalue weighted by Crippen LogP contribution is 2.30. The molecule has 0 spiro atoms. The van der Waals surface area contributed by atoms with E-state index in [-0.39, 0.29) is 12.3 Å². The van der Waals surface area contributed by atoms with Crippen molar-refractivity contribution in [3.63, 3.8) is 0 Å². The maximum absolute atomic E-state index is 12.4. The molecule has 0 fully saturated rings. The predicted octanol–water partition coefficient (Wildman–Crippen LogP) is 6.33. The summed E-state index contributed by atoms with van der Waals surface area (Å²) in [6.45, 7) is 0. The van der Waals surface area contributed by atoms with Crippen LogP contribution >= 0.6 is 34.7 Å². The van der Waals surface area contributed by atoms with Crippen molar-refractivity contribution in [1.29, 1.82) is 0 Å². The fraction of sp³-hybridized carbons (Fsp3) is 0.0870. The molecule has 1 amide bonds. The van der Waals surface area contributed by atoms with Crippen LogP contribution in [0.15, 0.2) is 83.2 Å². The average molecular weight is 452 g/mol. The first kappa shape index (κ1) is 20.6. The van der Waals surface area contributed by atoms with Crippen LogP contribution in [0.4, 0.5) is 5.13 Å². The van der Waals surface area contributed by atoms with Crippen molar-refractivity contribution < 1.29 is 4.79 Å². The second kappa shape index (κ2) is 9.89. The summed E-state index contributed by atoms with van der Waals surface area (Å²) in [4.78, 5) is 12.4. The third kappa shape index (κ3) is 5.48. The molecule has 1 N–H and O–H groups in total. The number of nitrogens with zero attached hydrogens (tertiary/aromatic N) is 2. The van der Waals surface area contributed by atoms with Crippen LogP contribution in [-0.2, 0) is 17.0 Å². The van der Waals surface area contributed by atoms with E-state index in [1.54, 1.807) is 11.8 Å². The van der Waals surface area contributed by atoms with Gasteiger partial charge in [-0.1, -0.05) is 107 Å². The highest BCUT2D eigenvalue weighted by atomic mass is 35.5. The third-order valence-electron chi connectivity index (χ3n) is 4.39. The van der Waals surface area contributed by atoms with E-state index in [0.29, 0.717) is 10.9 Å². The lowest BCUT2D eigenvalue weighted by Crippen LogP contribution is -2.14. The van der Waals surface area contributed by atoms with Gasteiger partial charge in [-0.3, -0.25) is 4.79 Å². The lowest BCUT2D eigenvalue weighted by Gasteiger charge is -2.04. The quantitative estimate of drug-likeness (QED) is 0.263. The van der Waals surface area contributed by atoms with Gasteiger partial charge in [0.25, 0.3) is 0 Å². The van der Waals surface area contributed by atoms with Crippen molar-refractivity contribution in [2.24, 2.45) is 0 Å². The van der Waals surface area contributed by atoms with Crippen LogP contribution in [0.2, 0.25) is 5.02 Å². The fourth-order valence-electron chi connectivity index (χ4n) is 2.87. The van der Waals surface area contributed by atoms with Crippen LogP contribution in [-0.4, -0.2) is 16.1 Å². The van der Waals surface area contributed by atoms with Gasteiger partial charge in [0.05, 0.1) is 6.42 Å². The van der Waals surface area contributed by atoms with Crippen LogP contribution in [0.5, 0.6) is 0 Å². The Bertz CT molecular complexity index is 1130. The van der Waals surface area contributed by atoms with Gasteiger partial charge in [-0.2, -0.15) is 0 Å². The zero-order valence-electron chi connectivity index (χ0n) is 15.9. The topological polar surface area (TPSA) is 54.9 Å². The molecule has 0 atom stereocenters. The molecule has 0 unspecified atom stereocenters. The Morgan fingerprint density at radius 2 is 1.60 bits per heavy atom. The van der Waals surface area contributed by atoms with Gasteiger partial charge in [-0.25, -0.2) is 0 Å². The number of nitrogens with one attached hydrogen (secondary N) is 1. The standard InChI is InChI=1S/C23H18ClN3OS2/c24-20-9-5-4-8-19(20)15-29-23-27-26-22(30-23)25-21(28)14-16-10-12-18(13-11-16)17-6-2-1-3-7-17/h1-13H,14-15H2,(H,25,26,28). The number of hydrogen-bond acceptors (Lipinski definition) is 5. The van der Waals surface area contributed by atoms with Crippen LogP contribution in [0.25, 0.3) is 11.1 Å². The average Bonchev–Trinajstić information content (AvgIpc) is 3.21. The van der Waals surface area contributed by atoms with Gasteiger partial charge in [-0.15, -0.1) is 10.2 Å². The van der Waals surface area contributed by atoms with E-state index >= 15 is 0 Å². The number of thioether (sulfide) groups is 1. The summed E-state index contributed by atoms with van der Waals surface area (Å²) in [6.07, 6.45) is 0.288. The number of aromatic nitrogens is 2. The number of benzene rings is 3. The van der Waals surface area contributed by atoms with E-state index in [4.69, 9.17) is 11.6 Å². The monoisotopic (exact) mass is 451 g/mol. The first-order chi connectivity index (χ1) is 14.7. The second-order valence-corrected chi connectivity index (χ2v) is 9.15. The smallest absolute Gasteiger partial charge is 0.230 e. The number of halogens is 1. The Kier molecular flexibility index (Phi) is 6.79. The van der Waals surface area contributed by atoms with Crippen LogP contribution in [0, 0.1) is 0 Å². The van der Waals surface area contributed by atoms with Gasteiger partial charge in [0.15, 0.2) is 4.34 Å². The molecule has 7 heteroatoms. The molecule has 4 rings (SSSR count). The Morgan fingerprint density at radius 1 is 0.900 bits per heavy atom. The molecular formula is C23H18ClN3OS2. The molecule has 1 aromatic heterocycles. The van der Waals surface area contributed by atoms with E-state index in [1.165, 1.54) is 11.3 Å². The number of carbonyl (C=O) groups excluding carboxylic acids is 1. The summed E-state index contributed by atoms with van der Waals surface area (Å²) in [6, 6.07) is 25.9. The van der Waals surface area contributed by atoms with E-state index in [2.05, 4.69) is 27.6 Å². The molecule has 4 nitrogen and oxygen atoms in total. The molecule has 3 aromatic carbocycles. The zero-order valence-corrected chi connectivity index (χ0v) is 18.3. The van der Waals surface area contributed by atoms with Crippen molar-refractivity contribution in [2.75, 3.05) is 5.32 Å².